The van der Waals surface area contributed by atoms with Crippen molar-refractivity contribution in [3.63, 3.8) is 0 Å². The third-order valence-corrected chi connectivity index (χ3v) is 2.46. The number of hydrogen-bond donors (Lipinski definition) is 1. The van der Waals surface area contributed by atoms with Crippen LogP contribution in [0.1, 0.15) is 0 Å². The second-order valence-electron chi connectivity index (χ2n) is 3.74. The number of carbonyl (C=O) groups excluding carboxylic acids is 1. The van der Waals surface area contributed by atoms with Crippen molar-refractivity contribution in [3.05, 3.63) is 48.8 Å². The Kier molecular flexibility index (Phi) is 3.23. The van der Waals surface area contributed by atoms with Crippen LogP contribution in [0.3, 0.4) is 0 Å². The first kappa shape index (κ1) is 12.0. The van der Waals surface area contributed by atoms with Crippen molar-refractivity contribution in [1.82, 2.24) is 9.78 Å². The summed E-state index contributed by atoms with van der Waals surface area (Å²) in [5.74, 6) is -0.179. The quantitative estimate of drug-likeness (QED) is 0.844. The molecule has 4 nitrogen and oxygen atoms in total. The summed E-state index contributed by atoms with van der Waals surface area (Å²) in [6.07, 6.45) is 1.17. The molecule has 1 aromatic carbocycles. The van der Waals surface area contributed by atoms with Crippen LogP contribution in [-0.4, -0.2) is 15.7 Å². The highest BCUT2D eigenvalue weighted by Gasteiger charge is 2.08. The Bertz CT molecular complexity index is 587. The molecule has 1 heterocycles. The Hall–Kier alpha value is -2.43. The first-order valence-corrected chi connectivity index (χ1v) is 5.33. The summed E-state index contributed by atoms with van der Waals surface area (Å²) < 4.78 is 14.5. The van der Waals surface area contributed by atoms with Gasteiger partial charge in [0, 0.05) is 18.7 Å². The molecule has 92 valence electrons. The maximum absolute atomic E-state index is 12.8. The Morgan fingerprint density at radius 3 is 2.72 bits per heavy atom. The van der Waals surface area contributed by atoms with E-state index in [-0.39, 0.29) is 11.7 Å². The lowest BCUT2D eigenvalue weighted by Crippen LogP contribution is -2.07. The molecule has 1 N–H and O–H groups in total. The van der Waals surface area contributed by atoms with E-state index in [1.165, 1.54) is 18.2 Å². The molecular weight excluding hydrogens is 233 g/mol. The lowest BCUT2D eigenvalue weighted by atomic mass is 10.1. The summed E-state index contributed by atoms with van der Waals surface area (Å²) in [5, 5.41) is 6.71. The van der Waals surface area contributed by atoms with E-state index in [1.807, 2.05) is 0 Å². The number of aryl methyl sites for hydroxylation is 1. The molecule has 0 fully saturated rings. The third-order valence-electron chi connectivity index (χ3n) is 2.46. The molecule has 0 aliphatic rings. The molecule has 0 spiro atoms. The summed E-state index contributed by atoms with van der Waals surface area (Å²) >= 11 is 0. The summed E-state index contributed by atoms with van der Waals surface area (Å²) in [6.45, 7) is 3.37. The first-order chi connectivity index (χ1) is 8.60. The summed E-state index contributed by atoms with van der Waals surface area (Å²) in [6, 6.07) is 7.79. The van der Waals surface area contributed by atoms with Crippen molar-refractivity contribution in [2.75, 3.05) is 5.32 Å². The molecule has 1 aromatic heterocycles. The van der Waals surface area contributed by atoms with Gasteiger partial charge in [-0.25, -0.2) is 4.39 Å². The number of carbonyl (C=O) groups is 1. The molecule has 0 aliphatic heterocycles. The third kappa shape index (κ3) is 2.45. The predicted octanol–water partition coefficient (Wildman–Crippen LogP) is 2.35. The molecule has 0 atom stereocenters. The zero-order valence-electron chi connectivity index (χ0n) is 9.85. The lowest BCUT2D eigenvalue weighted by Gasteiger charge is -2.00. The van der Waals surface area contributed by atoms with Gasteiger partial charge in [0.25, 0.3) is 0 Å². The van der Waals surface area contributed by atoms with E-state index in [9.17, 15) is 9.18 Å². The highest BCUT2D eigenvalue weighted by Crippen LogP contribution is 2.22. The number of amides is 1. The lowest BCUT2D eigenvalue weighted by molar-refractivity contribution is -0.111. The van der Waals surface area contributed by atoms with Gasteiger partial charge in [-0.15, -0.1) is 0 Å². The van der Waals surface area contributed by atoms with Crippen LogP contribution in [-0.2, 0) is 11.8 Å². The van der Waals surface area contributed by atoms with E-state index in [0.717, 1.165) is 11.3 Å². The highest BCUT2D eigenvalue weighted by molar-refractivity contribution is 5.98. The maximum atomic E-state index is 12.8. The molecule has 18 heavy (non-hydrogen) atoms. The minimum atomic E-state index is -0.321. The highest BCUT2D eigenvalue weighted by atomic mass is 19.1. The van der Waals surface area contributed by atoms with Crippen LogP contribution in [0.25, 0.3) is 11.3 Å². The fourth-order valence-electron chi connectivity index (χ4n) is 1.60. The zero-order chi connectivity index (χ0) is 13.1. The van der Waals surface area contributed by atoms with Crippen molar-refractivity contribution < 1.29 is 9.18 Å². The summed E-state index contributed by atoms with van der Waals surface area (Å²) in [4.78, 5) is 11.2. The molecule has 5 heteroatoms. The minimum Gasteiger partial charge on any atom is -0.306 e. The topological polar surface area (TPSA) is 46.9 Å². The van der Waals surface area contributed by atoms with Gasteiger partial charge in [-0.1, -0.05) is 6.58 Å². The average molecular weight is 245 g/mol. The van der Waals surface area contributed by atoms with Crippen LogP contribution in [0.5, 0.6) is 0 Å². The van der Waals surface area contributed by atoms with Gasteiger partial charge in [-0.3, -0.25) is 9.48 Å². The molecule has 2 rings (SSSR count). The van der Waals surface area contributed by atoms with Gasteiger partial charge in [0.1, 0.15) is 5.82 Å². The van der Waals surface area contributed by atoms with Crippen molar-refractivity contribution in [1.29, 1.82) is 0 Å². The Labute approximate surface area is 104 Å². The average Bonchev–Trinajstić information content (AvgIpc) is 2.71. The molecule has 0 saturated heterocycles. The van der Waals surface area contributed by atoms with E-state index >= 15 is 0 Å². The Morgan fingerprint density at radius 2 is 2.11 bits per heavy atom. The molecular formula is C13H12FN3O. The van der Waals surface area contributed by atoms with E-state index in [2.05, 4.69) is 17.0 Å². The normalized spacial score (nSPS) is 10.1. The fourth-order valence-corrected chi connectivity index (χ4v) is 1.60. The predicted molar refractivity (Wildman–Crippen MR) is 67.4 cm³/mol. The Balaban J connectivity index is 2.31. The first-order valence-electron chi connectivity index (χ1n) is 5.33. The molecule has 0 saturated carbocycles. The Morgan fingerprint density at radius 1 is 1.44 bits per heavy atom. The van der Waals surface area contributed by atoms with Crippen LogP contribution in [0, 0.1) is 5.82 Å². The van der Waals surface area contributed by atoms with Crippen LogP contribution in [0.15, 0.2) is 43.0 Å². The molecule has 2 aromatic rings. The van der Waals surface area contributed by atoms with Crippen LogP contribution in [0.4, 0.5) is 10.2 Å². The van der Waals surface area contributed by atoms with Crippen molar-refractivity contribution in [2.24, 2.45) is 7.05 Å². The number of rotatable bonds is 3. The fraction of sp³-hybridized carbons (Fsp3) is 0.0769. The minimum absolute atomic E-state index is 0.291. The second kappa shape index (κ2) is 4.83. The zero-order valence-corrected chi connectivity index (χ0v) is 9.85. The molecule has 0 aliphatic carbocycles. The van der Waals surface area contributed by atoms with Crippen molar-refractivity contribution in [2.45, 2.75) is 0 Å². The number of halogens is 1. The summed E-state index contributed by atoms with van der Waals surface area (Å²) in [7, 11) is 1.75. The SMILES string of the molecule is C=CC(=O)Nc1cc(-c2ccc(F)cc2)n(C)n1. The van der Waals surface area contributed by atoms with Gasteiger partial charge in [-0.2, -0.15) is 5.10 Å². The molecule has 0 radical (unpaired) electrons. The van der Waals surface area contributed by atoms with E-state index in [0.29, 0.717) is 5.82 Å². The van der Waals surface area contributed by atoms with Crippen LogP contribution < -0.4 is 5.32 Å². The number of anilines is 1. The van der Waals surface area contributed by atoms with Gasteiger partial charge in [0.05, 0.1) is 5.69 Å². The van der Waals surface area contributed by atoms with E-state index in [1.54, 1.807) is 29.9 Å². The van der Waals surface area contributed by atoms with Gasteiger partial charge in [-0.05, 0) is 30.3 Å². The number of aromatic nitrogens is 2. The maximum Gasteiger partial charge on any atom is 0.248 e. The van der Waals surface area contributed by atoms with Gasteiger partial charge in [0.15, 0.2) is 5.82 Å². The molecule has 0 unspecified atom stereocenters. The second-order valence-corrected chi connectivity index (χ2v) is 3.74. The number of nitrogens with zero attached hydrogens (tertiary/aromatic N) is 2. The van der Waals surface area contributed by atoms with Gasteiger partial charge in [0.2, 0.25) is 5.91 Å². The molecule has 0 bridgehead atoms. The van der Waals surface area contributed by atoms with Crippen LogP contribution >= 0.6 is 0 Å². The smallest absolute Gasteiger partial charge is 0.248 e. The standard InChI is InChI=1S/C13H12FN3O/c1-3-13(18)15-12-8-11(17(2)16-12)9-4-6-10(14)7-5-9/h3-8H,1H2,2H3,(H,15,16,18). The monoisotopic (exact) mass is 245 g/mol. The number of nitrogens with one attached hydrogen (secondary N) is 1. The largest absolute Gasteiger partial charge is 0.306 e. The number of benzene rings is 1. The van der Waals surface area contributed by atoms with E-state index in [4.69, 9.17) is 0 Å². The van der Waals surface area contributed by atoms with E-state index < -0.39 is 0 Å². The number of hydrogen-bond acceptors (Lipinski definition) is 2. The van der Waals surface area contributed by atoms with Gasteiger partial charge < -0.3 is 5.32 Å². The van der Waals surface area contributed by atoms with Gasteiger partial charge >= 0.3 is 0 Å². The van der Waals surface area contributed by atoms with Crippen molar-refractivity contribution in [3.8, 4) is 11.3 Å². The summed E-state index contributed by atoms with van der Waals surface area (Å²) in [5.41, 5.74) is 1.61. The molecule has 1 amide bonds. The van der Waals surface area contributed by atoms with Crippen molar-refractivity contribution >= 4 is 11.7 Å². The van der Waals surface area contributed by atoms with Crippen LogP contribution in [0.2, 0.25) is 0 Å².